The van der Waals surface area contributed by atoms with Crippen molar-refractivity contribution in [2.45, 2.75) is 19.9 Å². The lowest BCUT2D eigenvalue weighted by molar-refractivity contribution is 0.377. The van der Waals surface area contributed by atoms with Crippen LogP contribution in [-0.4, -0.2) is 20.8 Å². The zero-order chi connectivity index (χ0) is 15.2. The molecule has 0 spiro atoms. The van der Waals surface area contributed by atoms with E-state index in [4.69, 9.17) is 9.47 Å². The Balaban J connectivity index is 2.61. The molecule has 0 amide bonds. The average molecular weight is 285 g/mol. The summed E-state index contributed by atoms with van der Waals surface area (Å²) in [7, 11) is 3.39. The van der Waals surface area contributed by atoms with Crippen molar-refractivity contribution in [2.75, 3.05) is 20.8 Å². The third-order valence-electron chi connectivity index (χ3n) is 3.66. The number of hydrogen-bond donors (Lipinski definition) is 1. The number of hydrogen-bond acceptors (Lipinski definition) is 3. The van der Waals surface area contributed by atoms with Crippen LogP contribution in [-0.2, 0) is 0 Å². The van der Waals surface area contributed by atoms with Crippen molar-refractivity contribution in [3.63, 3.8) is 0 Å². The minimum absolute atomic E-state index is 0.0438. The van der Waals surface area contributed by atoms with E-state index < -0.39 is 0 Å². The van der Waals surface area contributed by atoms with Crippen LogP contribution >= 0.6 is 0 Å². The van der Waals surface area contributed by atoms with Gasteiger partial charge in [0, 0.05) is 0 Å². The van der Waals surface area contributed by atoms with E-state index in [9.17, 15) is 0 Å². The van der Waals surface area contributed by atoms with Gasteiger partial charge in [-0.05, 0) is 36.7 Å². The van der Waals surface area contributed by atoms with Crippen LogP contribution in [0.2, 0.25) is 0 Å². The third kappa shape index (κ3) is 3.19. The van der Waals surface area contributed by atoms with Gasteiger partial charge < -0.3 is 14.8 Å². The van der Waals surface area contributed by atoms with Gasteiger partial charge in [-0.2, -0.15) is 0 Å². The fourth-order valence-electron chi connectivity index (χ4n) is 2.65. The van der Waals surface area contributed by atoms with Crippen LogP contribution in [0.25, 0.3) is 0 Å². The van der Waals surface area contributed by atoms with Crippen molar-refractivity contribution in [3.05, 3.63) is 59.2 Å². The van der Waals surface area contributed by atoms with Crippen LogP contribution in [0.3, 0.4) is 0 Å². The fraction of sp³-hybridized carbons (Fsp3) is 0.333. The van der Waals surface area contributed by atoms with Gasteiger partial charge in [0.1, 0.15) is 11.5 Å². The summed E-state index contributed by atoms with van der Waals surface area (Å²) < 4.78 is 11.1. The predicted molar refractivity (Wildman–Crippen MR) is 86.2 cm³/mol. The van der Waals surface area contributed by atoms with Crippen LogP contribution in [0.4, 0.5) is 0 Å². The molecule has 0 saturated heterocycles. The van der Waals surface area contributed by atoms with Gasteiger partial charge in [-0.1, -0.05) is 37.3 Å². The first-order valence-corrected chi connectivity index (χ1v) is 7.22. The van der Waals surface area contributed by atoms with E-state index in [2.05, 4.69) is 43.4 Å². The van der Waals surface area contributed by atoms with E-state index in [0.29, 0.717) is 0 Å². The zero-order valence-electron chi connectivity index (χ0n) is 13.1. The quantitative estimate of drug-likeness (QED) is 0.877. The largest absolute Gasteiger partial charge is 0.496 e. The second-order valence-corrected chi connectivity index (χ2v) is 4.92. The molecule has 0 bridgehead atoms. The maximum atomic E-state index is 5.56. The van der Waals surface area contributed by atoms with Gasteiger partial charge in [0.15, 0.2) is 0 Å². The lowest BCUT2D eigenvalue weighted by Gasteiger charge is -2.24. The highest BCUT2D eigenvalue weighted by molar-refractivity contribution is 5.51. The number of nitrogens with one attached hydrogen (secondary N) is 1. The van der Waals surface area contributed by atoms with Gasteiger partial charge in [0.25, 0.3) is 0 Å². The van der Waals surface area contributed by atoms with Crippen LogP contribution in [0.1, 0.15) is 29.7 Å². The summed E-state index contributed by atoms with van der Waals surface area (Å²) in [6, 6.07) is 14.3. The van der Waals surface area contributed by atoms with Crippen LogP contribution in [0.5, 0.6) is 11.5 Å². The van der Waals surface area contributed by atoms with E-state index in [1.54, 1.807) is 14.2 Å². The molecule has 2 aromatic carbocycles. The Morgan fingerprint density at radius 1 is 0.952 bits per heavy atom. The van der Waals surface area contributed by atoms with E-state index in [1.807, 2.05) is 18.2 Å². The molecule has 3 nitrogen and oxygen atoms in total. The van der Waals surface area contributed by atoms with E-state index in [1.165, 1.54) is 11.1 Å². The highest BCUT2D eigenvalue weighted by atomic mass is 16.5. The molecule has 112 valence electrons. The molecule has 0 heterocycles. The molecule has 3 heteroatoms. The standard InChI is InChI=1S/C18H23NO2/c1-5-19-18(14-10-7-6-9-13(14)2)17-15(20-3)11-8-12-16(17)21-4/h6-12,18-19H,5H2,1-4H3. The number of benzene rings is 2. The van der Waals surface area contributed by atoms with Gasteiger partial charge in [-0.15, -0.1) is 0 Å². The van der Waals surface area contributed by atoms with Crippen molar-refractivity contribution >= 4 is 0 Å². The molecule has 21 heavy (non-hydrogen) atoms. The molecule has 1 N–H and O–H groups in total. The second kappa shape index (κ2) is 7.14. The van der Waals surface area contributed by atoms with Crippen LogP contribution in [0.15, 0.2) is 42.5 Å². The maximum Gasteiger partial charge on any atom is 0.127 e. The first-order chi connectivity index (χ1) is 10.2. The zero-order valence-corrected chi connectivity index (χ0v) is 13.1. The summed E-state index contributed by atoms with van der Waals surface area (Å²) >= 11 is 0. The molecule has 0 fully saturated rings. The first kappa shape index (κ1) is 15.4. The molecule has 1 unspecified atom stereocenters. The average Bonchev–Trinajstić information content (AvgIpc) is 2.52. The Bertz CT molecular complexity index is 573. The van der Waals surface area contributed by atoms with Gasteiger partial charge >= 0.3 is 0 Å². The van der Waals surface area contributed by atoms with Gasteiger partial charge in [0.05, 0.1) is 25.8 Å². The Morgan fingerprint density at radius 2 is 1.57 bits per heavy atom. The van der Waals surface area contributed by atoms with Crippen molar-refractivity contribution in [3.8, 4) is 11.5 Å². The molecular weight excluding hydrogens is 262 g/mol. The number of ether oxygens (including phenoxy) is 2. The predicted octanol–water partition coefficient (Wildman–Crippen LogP) is 3.71. The number of aryl methyl sites for hydroxylation is 1. The Labute approximate surface area is 126 Å². The molecule has 0 radical (unpaired) electrons. The minimum Gasteiger partial charge on any atom is -0.496 e. The molecule has 1 atom stereocenters. The molecule has 0 saturated carbocycles. The number of methoxy groups -OCH3 is 2. The summed E-state index contributed by atoms with van der Waals surface area (Å²) in [5, 5.41) is 3.55. The van der Waals surface area contributed by atoms with E-state index in [-0.39, 0.29) is 6.04 Å². The lowest BCUT2D eigenvalue weighted by Crippen LogP contribution is -2.24. The highest BCUT2D eigenvalue weighted by Crippen LogP contribution is 2.38. The van der Waals surface area contributed by atoms with Gasteiger partial charge in [-0.25, -0.2) is 0 Å². The van der Waals surface area contributed by atoms with Crippen LogP contribution in [0, 0.1) is 6.92 Å². The Hall–Kier alpha value is -2.00. The van der Waals surface area contributed by atoms with E-state index >= 15 is 0 Å². The van der Waals surface area contributed by atoms with Gasteiger partial charge in [0.2, 0.25) is 0 Å². The second-order valence-electron chi connectivity index (χ2n) is 4.92. The van der Waals surface area contributed by atoms with Crippen LogP contribution < -0.4 is 14.8 Å². The van der Waals surface area contributed by atoms with Crippen molar-refractivity contribution in [1.29, 1.82) is 0 Å². The number of rotatable bonds is 6. The third-order valence-corrected chi connectivity index (χ3v) is 3.66. The topological polar surface area (TPSA) is 30.5 Å². The van der Waals surface area contributed by atoms with Crippen molar-refractivity contribution < 1.29 is 9.47 Å². The van der Waals surface area contributed by atoms with Crippen molar-refractivity contribution in [2.24, 2.45) is 0 Å². The lowest BCUT2D eigenvalue weighted by atomic mass is 9.93. The molecule has 0 aromatic heterocycles. The molecule has 2 aromatic rings. The first-order valence-electron chi connectivity index (χ1n) is 7.22. The SMILES string of the molecule is CCNC(c1ccccc1C)c1c(OC)cccc1OC. The summed E-state index contributed by atoms with van der Waals surface area (Å²) in [5.74, 6) is 1.67. The molecule has 0 aliphatic rings. The fourth-order valence-corrected chi connectivity index (χ4v) is 2.65. The normalized spacial score (nSPS) is 12.0. The highest BCUT2D eigenvalue weighted by Gasteiger charge is 2.22. The summed E-state index contributed by atoms with van der Waals surface area (Å²) in [5.41, 5.74) is 3.53. The maximum absolute atomic E-state index is 5.56. The van der Waals surface area contributed by atoms with Crippen molar-refractivity contribution in [1.82, 2.24) is 5.32 Å². The smallest absolute Gasteiger partial charge is 0.127 e. The monoisotopic (exact) mass is 285 g/mol. The molecule has 0 aliphatic heterocycles. The molecule has 0 aliphatic carbocycles. The molecule has 2 rings (SSSR count). The van der Waals surface area contributed by atoms with Gasteiger partial charge in [-0.3, -0.25) is 0 Å². The summed E-state index contributed by atoms with van der Waals surface area (Å²) in [6.45, 7) is 5.09. The summed E-state index contributed by atoms with van der Waals surface area (Å²) in [4.78, 5) is 0. The Kier molecular flexibility index (Phi) is 5.23. The Morgan fingerprint density at radius 3 is 2.10 bits per heavy atom. The van der Waals surface area contributed by atoms with E-state index in [0.717, 1.165) is 23.6 Å². The summed E-state index contributed by atoms with van der Waals surface area (Å²) in [6.07, 6.45) is 0. The minimum atomic E-state index is 0.0438. The molecular formula is C18H23NO2.